The Hall–Kier alpha value is -1.55. The number of rotatable bonds is 20. The summed E-state index contributed by atoms with van der Waals surface area (Å²) < 4.78 is 10.6. The van der Waals surface area contributed by atoms with Crippen molar-refractivity contribution in [2.24, 2.45) is 0 Å². The number of benzene rings is 1. The molecule has 0 bridgehead atoms. The van der Waals surface area contributed by atoms with Crippen molar-refractivity contribution in [1.29, 1.82) is 0 Å². The van der Waals surface area contributed by atoms with E-state index < -0.39 is 0 Å². The standard InChI is InChI=1S/C27H43ClO4/c1-2-3-4-5-8-11-16-22-31-26(29)19-12-9-6-7-10-13-20-27(30)32-23-21-24-17-14-15-18-25(24)28/h14-15,17-18H,2-13,16,19-23H2,1H3. The molecule has 0 amide bonds. The third-order valence-electron chi connectivity index (χ3n) is 5.62. The Balaban J connectivity index is 1.84. The van der Waals surface area contributed by atoms with Gasteiger partial charge in [0.1, 0.15) is 0 Å². The van der Waals surface area contributed by atoms with E-state index in [4.69, 9.17) is 21.1 Å². The van der Waals surface area contributed by atoms with E-state index in [2.05, 4.69) is 6.92 Å². The molecule has 0 aliphatic heterocycles. The molecule has 1 aromatic rings. The molecule has 0 saturated heterocycles. The maximum absolute atomic E-state index is 11.8. The molecule has 0 aromatic heterocycles. The van der Waals surface area contributed by atoms with Gasteiger partial charge in [0.2, 0.25) is 0 Å². The fourth-order valence-corrected chi connectivity index (χ4v) is 3.84. The minimum atomic E-state index is -0.138. The normalized spacial score (nSPS) is 10.8. The van der Waals surface area contributed by atoms with Crippen LogP contribution >= 0.6 is 11.6 Å². The lowest BCUT2D eigenvalue weighted by atomic mass is 10.1. The van der Waals surface area contributed by atoms with E-state index in [-0.39, 0.29) is 11.9 Å². The Labute approximate surface area is 200 Å². The first-order chi connectivity index (χ1) is 15.6. The predicted molar refractivity (Wildman–Crippen MR) is 132 cm³/mol. The highest BCUT2D eigenvalue weighted by Crippen LogP contribution is 2.15. The number of carbonyl (C=O) groups is 2. The second kappa shape index (κ2) is 20.1. The van der Waals surface area contributed by atoms with Gasteiger partial charge in [0.15, 0.2) is 0 Å². The Morgan fingerprint density at radius 2 is 1.19 bits per heavy atom. The summed E-state index contributed by atoms with van der Waals surface area (Å²) in [5.41, 5.74) is 1.00. The highest BCUT2D eigenvalue weighted by atomic mass is 35.5. The summed E-state index contributed by atoms with van der Waals surface area (Å²) in [6, 6.07) is 7.62. The lowest BCUT2D eigenvalue weighted by molar-refractivity contribution is -0.144. The van der Waals surface area contributed by atoms with Crippen LogP contribution in [0.3, 0.4) is 0 Å². The molecular weight excluding hydrogens is 424 g/mol. The topological polar surface area (TPSA) is 52.6 Å². The second-order valence-corrected chi connectivity index (χ2v) is 8.93. The van der Waals surface area contributed by atoms with Crippen molar-refractivity contribution in [3.8, 4) is 0 Å². The van der Waals surface area contributed by atoms with Crippen molar-refractivity contribution in [2.75, 3.05) is 13.2 Å². The minimum Gasteiger partial charge on any atom is -0.466 e. The Morgan fingerprint density at radius 1 is 0.688 bits per heavy atom. The van der Waals surface area contributed by atoms with Gasteiger partial charge in [-0.25, -0.2) is 0 Å². The second-order valence-electron chi connectivity index (χ2n) is 8.52. The van der Waals surface area contributed by atoms with Crippen LogP contribution < -0.4 is 0 Å². The molecule has 0 spiro atoms. The maximum atomic E-state index is 11.8. The van der Waals surface area contributed by atoms with Gasteiger partial charge in [0.25, 0.3) is 0 Å². The molecule has 182 valence electrons. The zero-order chi connectivity index (χ0) is 23.3. The zero-order valence-corrected chi connectivity index (χ0v) is 20.8. The van der Waals surface area contributed by atoms with Gasteiger partial charge in [-0.2, -0.15) is 0 Å². The minimum absolute atomic E-state index is 0.0597. The van der Waals surface area contributed by atoms with Crippen molar-refractivity contribution in [1.82, 2.24) is 0 Å². The lowest BCUT2D eigenvalue weighted by Crippen LogP contribution is -2.07. The Bertz CT molecular complexity index is 617. The molecule has 0 atom stereocenters. The van der Waals surface area contributed by atoms with Gasteiger partial charge in [-0.05, 0) is 30.9 Å². The fraction of sp³-hybridized carbons (Fsp3) is 0.704. The monoisotopic (exact) mass is 466 g/mol. The van der Waals surface area contributed by atoms with E-state index in [0.717, 1.165) is 56.9 Å². The van der Waals surface area contributed by atoms with Crippen LogP contribution in [0.4, 0.5) is 0 Å². The number of halogens is 1. The first-order valence-corrected chi connectivity index (χ1v) is 13.1. The Morgan fingerprint density at radius 3 is 1.78 bits per heavy atom. The van der Waals surface area contributed by atoms with E-state index >= 15 is 0 Å². The average Bonchev–Trinajstić information content (AvgIpc) is 2.78. The average molecular weight is 467 g/mol. The van der Waals surface area contributed by atoms with Crippen LogP contribution in [-0.2, 0) is 25.5 Å². The molecule has 0 radical (unpaired) electrons. The molecule has 0 heterocycles. The fourth-order valence-electron chi connectivity index (χ4n) is 3.61. The highest BCUT2D eigenvalue weighted by molar-refractivity contribution is 6.31. The van der Waals surface area contributed by atoms with Crippen LogP contribution in [0.1, 0.15) is 109 Å². The first kappa shape index (κ1) is 28.5. The number of ether oxygens (including phenoxy) is 2. The maximum Gasteiger partial charge on any atom is 0.305 e. The van der Waals surface area contributed by atoms with Gasteiger partial charge in [0, 0.05) is 24.3 Å². The van der Waals surface area contributed by atoms with Gasteiger partial charge in [-0.1, -0.05) is 101 Å². The van der Waals surface area contributed by atoms with E-state index in [1.54, 1.807) is 0 Å². The molecule has 0 aliphatic rings. The van der Waals surface area contributed by atoms with Crippen LogP contribution in [0.2, 0.25) is 5.02 Å². The van der Waals surface area contributed by atoms with Gasteiger partial charge in [-0.15, -0.1) is 0 Å². The smallest absolute Gasteiger partial charge is 0.305 e. The van der Waals surface area contributed by atoms with Gasteiger partial charge >= 0.3 is 11.9 Å². The summed E-state index contributed by atoms with van der Waals surface area (Å²) in [4.78, 5) is 23.5. The first-order valence-electron chi connectivity index (χ1n) is 12.7. The molecule has 32 heavy (non-hydrogen) atoms. The molecular formula is C27H43ClO4. The summed E-state index contributed by atoms with van der Waals surface area (Å²) >= 11 is 6.10. The highest BCUT2D eigenvalue weighted by Gasteiger charge is 2.05. The van der Waals surface area contributed by atoms with Crippen LogP contribution in [0.15, 0.2) is 24.3 Å². The number of carbonyl (C=O) groups excluding carboxylic acids is 2. The molecule has 4 nitrogen and oxygen atoms in total. The summed E-state index contributed by atoms with van der Waals surface area (Å²) in [6.07, 6.45) is 16.2. The summed E-state index contributed by atoms with van der Waals surface area (Å²) in [5.74, 6) is -0.198. The third-order valence-corrected chi connectivity index (χ3v) is 5.98. The van der Waals surface area contributed by atoms with Crippen molar-refractivity contribution in [3.63, 3.8) is 0 Å². The predicted octanol–water partition coefficient (Wildman–Crippen LogP) is 7.84. The van der Waals surface area contributed by atoms with E-state index in [0.29, 0.717) is 37.5 Å². The quantitative estimate of drug-likeness (QED) is 0.145. The summed E-state index contributed by atoms with van der Waals surface area (Å²) in [7, 11) is 0. The molecule has 1 aromatic carbocycles. The van der Waals surface area contributed by atoms with Crippen molar-refractivity contribution >= 4 is 23.5 Å². The molecule has 1 rings (SSSR count). The third kappa shape index (κ3) is 16.1. The van der Waals surface area contributed by atoms with Crippen LogP contribution in [0, 0.1) is 0 Å². The molecule has 0 saturated carbocycles. The van der Waals surface area contributed by atoms with E-state index in [1.807, 2.05) is 24.3 Å². The molecule has 0 N–H and O–H groups in total. The van der Waals surface area contributed by atoms with Crippen molar-refractivity contribution < 1.29 is 19.1 Å². The van der Waals surface area contributed by atoms with Gasteiger partial charge < -0.3 is 9.47 Å². The van der Waals surface area contributed by atoms with Crippen LogP contribution in [0.25, 0.3) is 0 Å². The number of unbranched alkanes of at least 4 members (excludes halogenated alkanes) is 11. The van der Waals surface area contributed by atoms with Crippen LogP contribution in [0.5, 0.6) is 0 Å². The zero-order valence-electron chi connectivity index (χ0n) is 20.0. The van der Waals surface area contributed by atoms with E-state index in [9.17, 15) is 9.59 Å². The van der Waals surface area contributed by atoms with E-state index in [1.165, 1.54) is 32.1 Å². The summed E-state index contributed by atoms with van der Waals surface area (Å²) in [5, 5.41) is 0.713. The van der Waals surface area contributed by atoms with Crippen molar-refractivity contribution in [3.05, 3.63) is 34.9 Å². The van der Waals surface area contributed by atoms with Gasteiger partial charge in [-0.3, -0.25) is 9.59 Å². The largest absolute Gasteiger partial charge is 0.466 e. The SMILES string of the molecule is CCCCCCCCCOC(=O)CCCCCCCCC(=O)OCCc1ccccc1Cl. The van der Waals surface area contributed by atoms with Crippen LogP contribution in [-0.4, -0.2) is 25.2 Å². The number of esters is 2. The molecule has 0 fully saturated rings. The Kier molecular flexibility index (Phi) is 17.9. The molecule has 0 unspecified atom stereocenters. The van der Waals surface area contributed by atoms with Gasteiger partial charge in [0.05, 0.1) is 13.2 Å². The molecule has 0 aliphatic carbocycles. The van der Waals surface area contributed by atoms with Crippen molar-refractivity contribution in [2.45, 2.75) is 110 Å². The lowest BCUT2D eigenvalue weighted by Gasteiger charge is -2.07. The number of hydrogen-bond acceptors (Lipinski definition) is 4. The molecule has 5 heteroatoms. The summed E-state index contributed by atoms with van der Waals surface area (Å²) in [6.45, 7) is 3.17. The number of hydrogen-bond donors (Lipinski definition) is 0.